The fourth-order valence-electron chi connectivity index (χ4n) is 0.480. The first-order valence-corrected chi connectivity index (χ1v) is 3.53. The van der Waals surface area contributed by atoms with Gasteiger partial charge in [0.15, 0.2) is 0 Å². The second kappa shape index (κ2) is 3.95. The van der Waals surface area contributed by atoms with Gasteiger partial charge in [0.05, 0.1) is 6.26 Å². The van der Waals surface area contributed by atoms with Crippen LogP contribution in [0, 0.1) is 0 Å². The number of rotatable bonds is 3. The Morgan fingerprint density at radius 2 is 2.50 bits per heavy atom. The third kappa shape index (κ3) is 2.11. The summed E-state index contributed by atoms with van der Waals surface area (Å²) in [6.07, 6.45) is 3.09. The molecule has 0 spiro atoms. The Morgan fingerprint density at radius 3 is 3.10 bits per heavy atom. The van der Waals surface area contributed by atoms with Crippen LogP contribution in [-0.4, -0.2) is 4.98 Å². The molecular weight excluding hydrogens is 146 g/mol. The summed E-state index contributed by atoms with van der Waals surface area (Å²) in [5.41, 5.74) is 0. The van der Waals surface area contributed by atoms with Gasteiger partial charge in [-0.2, -0.15) is 0 Å². The van der Waals surface area contributed by atoms with Crippen molar-refractivity contribution in [3.8, 4) is 0 Å². The van der Waals surface area contributed by atoms with E-state index in [-0.39, 0.29) is 0 Å². The number of hydrogen-bond acceptors (Lipinski definition) is 3. The van der Waals surface area contributed by atoms with Gasteiger partial charge in [0.1, 0.15) is 17.1 Å². The molecule has 0 amide bonds. The first kappa shape index (κ1) is 7.15. The monoisotopic (exact) mass is 153 g/mol. The first-order chi connectivity index (χ1) is 4.93. The molecule has 3 heteroatoms. The van der Waals surface area contributed by atoms with Crippen LogP contribution in [0.1, 0.15) is 0 Å². The van der Waals surface area contributed by atoms with Crippen LogP contribution in [0.3, 0.4) is 0 Å². The fourth-order valence-corrected chi connectivity index (χ4v) is 0.884. The van der Waals surface area contributed by atoms with Gasteiger partial charge in [0, 0.05) is 6.20 Å². The Kier molecular flexibility index (Phi) is 2.83. The smallest absolute Gasteiger partial charge is 0.136 e. The summed E-state index contributed by atoms with van der Waals surface area (Å²) in [5.74, 6) is 0. The third-order valence-electron chi connectivity index (χ3n) is 0.839. The van der Waals surface area contributed by atoms with Gasteiger partial charge in [-0.25, -0.2) is 4.98 Å². The van der Waals surface area contributed by atoms with Crippen LogP contribution in [0.15, 0.2) is 42.3 Å². The summed E-state index contributed by atoms with van der Waals surface area (Å²) in [5, 5.41) is 0.836. The van der Waals surface area contributed by atoms with Crippen molar-refractivity contribution in [2.45, 2.75) is 5.03 Å². The van der Waals surface area contributed by atoms with E-state index in [0.29, 0.717) is 0 Å². The van der Waals surface area contributed by atoms with E-state index in [4.69, 9.17) is 4.18 Å². The van der Waals surface area contributed by atoms with E-state index in [1.54, 1.807) is 6.20 Å². The Bertz CT molecular complexity index is 200. The van der Waals surface area contributed by atoms with E-state index in [0.717, 1.165) is 5.03 Å². The third-order valence-corrected chi connectivity index (χ3v) is 1.48. The minimum atomic E-state index is 0.836. The quantitative estimate of drug-likeness (QED) is 0.491. The zero-order chi connectivity index (χ0) is 7.23. The molecule has 0 unspecified atom stereocenters. The second-order valence-corrected chi connectivity index (χ2v) is 2.29. The average molecular weight is 153 g/mol. The highest BCUT2D eigenvalue weighted by Gasteiger charge is 1.89. The van der Waals surface area contributed by atoms with Crippen LogP contribution in [0.5, 0.6) is 0 Å². The Labute approximate surface area is 64.1 Å². The van der Waals surface area contributed by atoms with Crippen molar-refractivity contribution in [2.75, 3.05) is 0 Å². The van der Waals surface area contributed by atoms with Gasteiger partial charge >= 0.3 is 0 Å². The van der Waals surface area contributed by atoms with Crippen molar-refractivity contribution in [3.63, 3.8) is 0 Å². The summed E-state index contributed by atoms with van der Waals surface area (Å²) in [7, 11) is 0. The molecule has 2 nitrogen and oxygen atoms in total. The molecule has 0 aliphatic heterocycles. The lowest BCUT2D eigenvalue weighted by molar-refractivity contribution is 0.566. The topological polar surface area (TPSA) is 22.1 Å². The molecule has 0 aromatic carbocycles. The van der Waals surface area contributed by atoms with Gasteiger partial charge < -0.3 is 4.18 Å². The highest BCUT2D eigenvalue weighted by Crippen LogP contribution is 2.14. The van der Waals surface area contributed by atoms with Gasteiger partial charge in [-0.3, -0.25) is 0 Å². The molecule has 0 radical (unpaired) electrons. The Balaban J connectivity index is 2.50. The van der Waals surface area contributed by atoms with E-state index < -0.39 is 0 Å². The molecule has 0 N–H and O–H groups in total. The van der Waals surface area contributed by atoms with Crippen LogP contribution < -0.4 is 0 Å². The van der Waals surface area contributed by atoms with Gasteiger partial charge in [0.25, 0.3) is 0 Å². The molecule has 1 heterocycles. The zero-order valence-electron chi connectivity index (χ0n) is 5.36. The zero-order valence-corrected chi connectivity index (χ0v) is 6.17. The van der Waals surface area contributed by atoms with Crippen LogP contribution in [0.2, 0.25) is 0 Å². The van der Waals surface area contributed by atoms with Gasteiger partial charge in [0.2, 0.25) is 0 Å². The molecule has 0 fully saturated rings. The molecule has 1 aromatic heterocycles. The lowest BCUT2D eigenvalue weighted by atomic mass is 10.5. The molecule has 0 saturated heterocycles. The van der Waals surface area contributed by atoms with Crippen molar-refractivity contribution in [2.24, 2.45) is 0 Å². The van der Waals surface area contributed by atoms with E-state index in [1.807, 2.05) is 18.2 Å². The van der Waals surface area contributed by atoms with Crippen LogP contribution in [0.25, 0.3) is 0 Å². The SMILES string of the molecule is C=COSc1ccccn1. The van der Waals surface area contributed by atoms with Gasteiger partial charge in [-0.1, -0.05) is 12.6 Å². The number of pyridine rings is 1. The number of aromatic nitrogens is 1. The minimum absolute atomic E-state index is 0.836. The maximum Gasteiger partial charge on any atom is 0.136 e. The molecule has 0 bridgehead atoms. The summed E-state index contributed by atoms with van der Waals surface area (Å²) in [6, 6.07) is 5.63. The first-order valence-electron chi connectivity index (χ1n) is 2.79. The maximum absolute atomic E-state index is 4.84. The lowest BCUT2D eigenvalue weighted by Crippen LogP contribution is -1.75. The lowest BCUT2D eigenvalue weighted by Gasteiger charge is -1.94. The molecule has 0 aliphatic carbocycles. The largest absolute Gasteiger partial charge is 0.427 e. The van der Waals surface area contributed by atoms with Crippen molar-refractivity contribution >= 4 is 12.0 Å². The minimum Gasteiger partial charge on any atom is -0.427 e. The molecular formula is C7H7NOS. The highest BCUT2D eigenvalue weighted by molar-refractivity contribution is 7.94. The average Bonchev–Trinajstić information content (AvgIpc) is 2.03. The van der Waals surface area contributed by atoms with Crippen LogP contribution in [-0.2, 0) is 4.18 Å². The Morgan fingerprint density at radius 1 is 1.60 bits per heavy atom. The van der Waals surface area contributed by atoms with Gasteiger partial charge in [-0.15, -0.1) is 0 Å². The van der Waals surface area contributed by atoms with E-state index in [1.165, 1.54) is 18.3 Å². The van der Waals surface area contributed by atoms with Crippen molar-refractivity contribution in [1.82, 2.24) is 4.98 Å². The van der Waals surface area contributed by atoms with Crippen LogP contribution >= 0.6 is 12.0 Å². The molecule has 1 rings (SSSR count). The van der Waals surface area contributed by atoms with E-state index in [2.05, 4.69) is 11.6 Å². The highest BCUT2D eigenvalue weighted by atomic mass is 32.2. The number of nitrogens with zero attached hydrogens (tertiary/aromatic N) is 1. The second-order valence-electron chi connectivity index (χ2n) is 1.51. The molecule has 0 saturated carbocycles. The molecule has 52 valence electrons. The maximum atomic E-state index is 4.84. The Hall–Kier alpha value is -0.960. The normalized spacial score (nSPS) is 8.80. The summed E-state index contributed by atoms with van der Waals surface area (Å²) < 4.78 is 4.84. The number of hydrogen-bond donors (Lipinski definition) is 0. The summed E-state index contributed by atoms with van der Waals surface area (Å²) in [4.78, 5) is 4.01. The predicted octanol–water partition coefficient (Wildman–Crippen LogP) is 2.25. The fraction of sp³-hybridized carbons (Fsp3) is 0. The molecule has 10 heavy (non-hydrogen) atoms. The predicted molar refractivity (Wildman–Crippen MR) is 41.4 cm³/mol. The van der Waals surface area contributed by atoms with Crippen molar-refractivity contribution < 1.29 is 4.18 Å². The van der Waals surface area contributed by atoms with E-state index in [9.17, 15) is 0 Å². The molecule has 1 aromatic rings. The summed E-state index contributed by atoms with van der Waals surface area (Å²) >= 11 is 1.19. The van der Waals surface area contributed by atoms with Gasteiger partial charge in [-0.05, 0) is 12.1 Å². The standard InChI is InChI=1S/C7H7NOS/c1-2-9-10-7-5-3-4-6-8-7/h2-6H,1H2. The van der Waals surface area contributed by atoms with Crippen molar-refractivity contribution in [1.29, 1.82) is 0 Å². The molecule has 0 atom stereocenters. The molecule has 0 aliphatic rings. The van der Waals surface area contributed by atoms with Crippen molar-refractivity contribution in [3.05, 3.63) is 37.2 Å². The van der Waals surface area contributed by atoms with Crippen LogP contribution in [0.4, 0.5) is 0 Å². The summed E-state index contributed by atoms with van der Waals surface area (Å²) in [6.45, 7) is 3.40. The van der Waals surface area contributed by atoms with E-state index >= 15 is 0 Å².